The molecule has 0 heterocycles. The molecule has 4 nitrogen and oxygen atoms in total. The summed E-state index contributed by atoms with van der Waals surface area (Å²) < 4.78 is 0. The minimum atomic E-state index is -0.657. The van der Waals surface area contributed by atoms with Gasteiger partial charge in [-0.15, -0.1) is 0 Å². The molecule has 0 aliphatic heterocycles. The van der Waals surface area contributed by atoms with Gasteiger partial charge in [-0.25, -0.2) is 0 Å². The maximum atomic E-state index is 12.5. The first-order chi connectivity index (χ1) is 27.7. The first kappa shape index (κ1) is 55.1. The zero-order valence-corrected chi connectivity index (χ0v) is 38.4. The predicted molar refractivity (Wildman–Crippen MR) is 249 cm³/mol. The number of hydrogen-bond donors (Lipinski definition) is 3. The topological polar surface area (TPSA) is 69.6 Å². The monoisotopic (exact) mass is 790 g/mol. The van der Waals surface area contributed by atoms with Crippen molar-refractivity contribution in [2.24, 2.45) is 0 Å². The third kappa shape index (κ3) is 44.2. The summed E-state index contributed by atoms with van der Waals surface area (Å²) in [6.45, 7) is 4.39. The van der Waals surface area contributed by atoms with Crippen LogP contribution in [0.25, 0.3) is 0 Å². The maximum Gasteiger partial charge on any atom is 0.220 e. The largest absolute Gasteiger partial charge is 0.394 e. The van der Waals surface area contributed by atoms with Crippen molar-refractivity contribution in [1.29, 1.82) is 0 Å². The summed E-state index contributed by atoms with van der Waals surface area (Å²) in [4.78, 5) is 12.5. The molecule has 3 N–H and O–H groups in total. The van der Waals surface area contributed by atoms with Gasteiger partial charge in [0, 0.05) is 6.42 Å². The van der Waals surface area contributed by atoms with Crippen LogP contribution in [0.4, 0.5) is 0 Å². The number of allylic oxidation sites excluding steroid dienone is 2. The molecule has 2 atom stereocenters. The summed E-state index contributed by atoms with van der Waals surface area (Å²) in [6, 6.07) is -0.534. The zero-order valence-electron chi connectivity index (χ0n) is 38.4. The van der Waals surface area contributed by atoms with Crippen LogP contribution in [0, 0.1) is 0 Å². The average Bonchev–Trinajstić information content (AvgIpc) is 3.20. The van der Waals surface area contributed by atoms with E-state index in [1.54, 1.807) is 0 Å². The minimum Gasteiger partial charge on any atom is -0.394 e. The molecule has 0 aromatic rings. The molecule has 0 aliphatic carbocycles. The fraction of sp³-hybridized carbons (Fsp3) is 0.942. The minimum absolute atomic E-state index is 0.0277. The van der Waals surface area contributed by atoms with Gasteiger partial charge >= 0.3 is 0 Å². The van der Waals surface area contributed by atoms with E-state index in [-0.39, 0.29) is 12.5 Å². The lowest BCUT2D eigenvalue weighted by molar-refractivity contribution is -0.123. The summed E-state index contributed by atoms with van der Waals surface area (Å²) in [5.74, 6) is -0.0277. The van der Waals surface area contributed by atoms with Gasteiger partial charge in [0.1, 0.15) is 0 Å². The van der Waals surface area contributed by atoms with Crippen molar-refractivity contribution >= 4 is 5.91 Å². The van der Waals surface area contributed by atoms with E-state index in [1.807, 2.05) is 0 Å². The van der Waals surface area contributed by atoms with Crippen molar-refractivity contribution in [2.75, 3.05) is 6.61 Å². The zero-order chi connectivity index (χ0) is 40.7. The number of rotatable bonds is 48. The average molecular weight is 790 g/mol. The molecule has 0 rings (SSSR count). The van der Waals surface area contributed by atoms with Crippen molar-refractivity contribution in [2.45, 2.75) is 309 Å². The van der Waals surface area contributed by atoms with Crippen LogP contribution >= 0.6 is 0 Å². The number of amides is 1. The molecule has 0 saturated heterocycles. The molecule has 0 radical (unpaired) electrons. The van der Waals surface area contributed by atoms with Crippen molar-refractivity contribution in [3.05, 3.63) is 12.2 Å². The first-order valence-corrected chi connectivity index (χ1v) is 25.9. The van der Waals surface area contributed by atoms with Crippen molar-refractivity contribution in [1.82, 2.24) is 5.32 Å². The molecule has 0 spiro atoms. The number of aliphatic hydroxyl groups excluding tert-OH is 2. The van der Waals surface area contributed by atoms with Crippen LogP contribution in [0.15, 0.2) is 12.2 Å². The van der Waals surface area contributed by atoms with Crippen molar-refractivity contribution in [3.8, 4) is 0 Å². The van der Waals surface area contributed by atoms with Crippen LogP contribution < -0.4 is 5.32 Å². The standard InChI is InChI=1S/C52H103NO3/c1-3-5-7-9-11-13-15-17-19-21-23-24-25-26-27-28-29-30-32-34-36-38-40-42-44-46-48-52(56)53-50(49-54)51(55)47-45-43-41-39-37-35-33-31-22-20-18-16-14-12-10-8-6-4-2/h26-27,50-51,54-55H,3-25,28-49H2,1-2H3,(H,53,56)/b27-26-. The van der Waals surface area contributed by atoms with E-state index in [2.05, 4.69) is 31.3 Å². The molecule has 0 bridgehead atoms. The Hall–Kier alpha value is -0.870. The number of carbonyl (C=O) groups is 1. The van der Waals surface area contributed by atoms with Crippen LogP contribution in [0.3, 0.4) is 0 Å². The molecule has 2 unspecified atom stereocenters. The fourth-order valence-electron chi connectivity index (χ4n) is 8.30. The van der Waals surface area contributed by atoms with Gasteiger partial charge in [0.15, 0.2) is 0 Å². The van der Waals surface area contributed by atoms with Crippen LogP contribution in [0.2, 0.25) is 0 Å². The fourth-order valence-corrected chi connectivity index (χ4v) is 8.30. The van der Waals surface area contributed by atoms with Gasteiger partial charge < -0.3 is 15.5 Å². The van der Waals surface area contributed by atoms with Gasteiger partial charge in [-0.05, 0) is 38.5 Å². The number of hydrogen-bond acceptors (Lipinski definition) is 3. The first-order valence-electron chi connectivity index (χ1n) is 25.9. The van der Waals surface area contributed by atoms with Crippen molar-refractivity contribution in [3.63, 3.8) is 0 Å². The Labute approximate surface area is 352 Å². The molecule has 0 fully saturated rings. The molecule has 1 amide bonds. The summed E-state index contributed by atoms with van der Waals surface area (Å²) >= 11 is 0. The quantitative estimate of drug-likeness (QED) is 0.0425. The Balaban J connectivity index is 3.44. The number of unbranched alkanes of at least 4 members (excludes halogenated alkanes) is 39. The Bertz CT molecular complexity index is 769. The highest BCUT2D eigenvalue weighted by molar-refractivity contribution is 5.76. The van der Waals surface area contributed by atoms with E-state index in [0.717, 1.165) is 25.7 Å². The van der Waals surface area contributed by atoms with Crippen LogP contribution in [-0.4, -0.2) is 34.9 Å². The number of aliphatic hydroxyl groups is 2. The van der Waals surface area contributed by atoms with Gasteiger partial charge in [0.25, 0.3) is 0 Å². The molecule has 56 heavy (non-hydrogen) atoms. The summed E-state index contributed by atoms with van der Waals surface area (Å²) in [5.41, 5.74) is 0. The third-order valence-corrected chi connectivity index (χ3v) is 12.3. The molecule has 4 heteroatoms. The second-order valence-electron chi connectivity index (χ2n) is 17.9. The molecule has 0 aromatic heterocycles. The predicted octanol–water partition coefficient (Wildman–Crippen LogP) is 16.6. The van der Waals surface area contributed by atoms with E-state index in [0.29, 0.717) is 12.8 Å². The Kier molecular flexibility index (Phi) is 47.7. The van der Waals surface area contributed by atoms with Gasteiger partial charge in [-0.2, -0.15) is 0 Å². The lowest BCUT2D eigenvalue weighted by Crippen LogP contribution is -2.45. The van der Waals surface area contributed by atoms with Gasteiger partial charge in [-0.3, -0.25) is 4.79 Å². The van der Waals surface area contributed by atoms with E-state index < -0.39 is 12.1 Å². The molecule has 334 valence electrons. The molecule has 0 saturated carbocycles. The SMILES string of the molecule is CCCCCCCCCCCCCC/C=C\CCCCCCCCCCCCC(=O)NC(CO)C(O)CCCCCCCCCCCCCCCCCCCC. The van der Waals surface area contributed by atoms with Gasteiger partial charge in [0.05, 0.1) is 18.8 Å². The summed E-state index contributed by atoms with van der Waals surface area (Å²) in [7, 11) is 0. The molecular weight excluding hydrogens is 687 g/mol. The van der Waals surface area contributed by atoms with E-state index in [1.165, 1.54) is 244 Å². The number of carbonyl (C=O) groups excluding carboxylic acids is 1. The Morgan fingerprint density at radius 3 is 0.982 bits per heavy atom. The smallest absolute Gasteiger partial charge is 0.220 e. The normalized spacial score (nSPS) is 12.9. The molecule has 0 aromatic carbocycles. The van der Waals surface area contributed by atoms with Crippen LogP contribution in [0.1, 0.15) is 296 Å². The highest BCUT2D eigenvalue weighted by Gasteiger charge is 2.20. The molecular formula is C52H103NO3. The van der Waals surface area contributed by atoms with Crippen LogP contribution in [0.5, 0.6) is 0 Å². The Morgan fingerprint density at radius 2 is 0.679 bits per heavy atom. The summed E-state index contributed by atoms with van der Waals surface area (Å²) in [5, 5.41) is 23.3. The summed E-state index contributed by atoms with van der Waals surface area (Å²) in [6.07, 6.45) is 61.8. The second-order valence-corrected chi connectivity index (χ2v) is 17.9. The maximum absolute atomic E-state index is 12.5. The Morgan fingerprint density at radius 1 is 0.411 bits per heavy atom. The molecule has 0 aliphatic rings. The highest BCUT2D eigenvalue weighted by Crippen LogP contribution is 2.17. The lowest BCUT2D eigenvalue weighted by Gasteiger charge is -2.22. The highest BCUT2D eigenvalue weighted by atomic mass is 16.3. The lowest BCUT2D eigenvalue weighted by atomic mass is 10.0. The van der Waals surface area contributed by atoms with E-state index in [4.69, 9.17) is 0 Å². The van der Waals surface area contributed by atoms with E-state index >= 15 is 0 Å². The van der Waals surface area contributed by atoms with Gasteiger partial charge in [-0.1, -0.05) is 264 Å². The second kappa shape index (κ2) is 48.5. The number of nitrogens with one attached hydrogen (secondary N) is 1. The van der Waals surface area contributed by atoms with Crippen LogP contribution in [-0.2, 0) is 4.79 Å². The third-order valence-electron chi connectivity index (χ3n) is 12.3. The van der Waals surface area contributed by atoms with Gasteiger partial charge in [0.2, 0.25) is 5.91 Å². The van der Waals surface area contributed by atoms with Crippen molar-refractivity contribution < 1.29 is 15.0 Å². The van der Waals surface area contributed by atoms with E-state index in [9.17, 15) is 15.0 Å².